The lowest BCUT2D eigenvalue weighted by Gasteiger charge is -2.34. The highest BCUT2D eigenvalue weighted by Gasteiger charge is 2.48. The number of methoxy groups -OCH3 is 1. The summed E-state index contributed by atoms with van der Waals surface area (Å²) in [5.74, 6) is -3.52. The molecule has 0 aliphatic heterocycles. The Morgan fingerprint density at radius 3 is 2.48 bits per heavy atom. The highest BCUT2D eigenvalue weighted by Crippen LogP contribution is 2.34. The van der Waals surface area contributed by atoms with Gasteiger partial charge < -0.3 is 19.9 Å². The molecule has 0 radical (unpaired) electrons. The smallest absolute Gasteiger partial charge is 0.377 e. The highest BCUT2D eigenvalue weighted by molar-refractivity contribution is 9.11. The van der Waals surface area contributed by atoms with Gasteiger partial charge in [0.05, 0.1) is 5.92 Å². The first-order chi connectivity index (χ1) is 12.2. The second kappa shape index (κ2) is 9.43. The Morgan fingerprint density at radius 2 is 2.00 bits per heavy atom. The topological polar surface area (TPSA) is 84.9 Å². The van der Waals surface area contributed by atoms with E-state index in [2.05, 4.69) is 25.4 Å². The SMILES string of the molecule is COCC(=O)C1(O)C=CC(Br)=CC1C(=O)NC(OCC(F)(F)F)C(Cl)(Cl)Cl. The summed E-state index contributed by atoms with van der Waals surface area (Å²) in [7, 11) is 1.21. The van der Waals surface area contributed by atoms with Crippen LogP contribution < -0.4 is 5.32 Å². The lowest BCUT2D eigenvalue weighted by Crippen LogP contribution is -2.56. The van der Waals surface area contributed by atoms with Gasteiger partial charge in [0.25, 0.3) is 0 Å². The number of ketones is 1. The van der Waals surface area contributed by atoms with Gasteiger partial charge in [-0.05, 0) is 12.2 Å². The Labute approximate surface area is 175 Å². The summed E-state index contributed by atoms with van der Waals surface area (Å²) in [6.07, 6.45) is -3.21. The Kier molecular flexibility index (Phi) is 8.61. The zero-order chi connectivity index (χ0) is 21.0. The van der Waals surface area contributed by atoms with Gasteiger partial charge in [0.15, 0.2) is 17.6 Å². The first kappa shape index (κ1) is 24.7. The predicted octanol–water partition coefficient (Wildman–Crippen LogP) is 2.79. The van der Waals surface area contributed by atoms with E-state index in [-0.39, 0.29) is 0 Å². The number of carbonyl (C=O) groups excluding carboxylic acids is 2. The summed E-state index contributed by atoms with van der Waals surface area (Å²) >= 11 is 19.8. The Balaban J connectivity index is 3.07. The van der Waals surface area contributed by atoms with E-state index in [4.69, 9.17) is 34.8 Å². The zero-order valence-corrected chi connectivity index (χ0v) is 17.4. The number of halogens is 7. The molecule has 0 saturated carbocycles. The van der Waals surface area contributed by atoms with Crippen molar-refractivity contribution >= 4 is 62.4 Å². The number of rotatable bonds is 7. The van der Waals surface area contributed by atoms with Gasteiger partial charge in [0.1, 0.15) is 13.2 Å². The standard InChI is InChI=1S/C14H14BrCl3F3NO5/c1-26-5-9(23)12(25)3-2-7(15)4-8(12)10(24)22-11(14(16,17)18)27-6-13(19,20)21/h2-4,8,11,25H,5-6H2,1H3,(H,22,24). The molecule has 6 nitrogen and oxygen atoms in total. The minimum Gasteiger partial charge on any atom is -0.377 e. The van der Waals surface area contributed by atoms with Gasteiger partial charge in [0, 0.05) is 11.6 Å². The summed E-state index contributed by atoms with van der Waals surface area (Å²) in [4.78, 5) is 24.7. The summed E-state index contributed by atoms with van der Waals surface area (Å²) in [5.41, 5.74) is -2.32. The molecule has 0 aromatic carbocycles. The molecule has 0 saturated heterocycles. The first-order valence-electron chi connectivity index (χ1n) is 7.07. The van der Waals surface area contributed by atoms with Gasteiger partial charge in [-0.3, -0.25) is 9.59 Å². The fraction of sp³-hybridized carbons (Fsp3) is 0.571. The van der Waals surface area contributed by atoms with Crippen LogP contribution in [0.3, 0.4) is 0 Å². The fourth-order valence-corrected chi connectivity index (χ4v) is 2.80. The molecule has 1 amide bonds. The molecular formula is C14H14BrCl3F3NO5. The van der Waals surface area contributed by atoms with Crippen LogP contribution in [0.1, 0.15) is 0 Å². The maximum atomic E-state index is 12.5. The molecule has 27 heavy (non-hydrogen) atoms. The number of Topliss-reactive ketones (excluding diaryl/α,β-unsaturated/α-hetero) is 1. The normalized spacial score (nSPS) is 24.3. The first-order valence-corrected chi connectivity index (χ1v) is 9.00. The second-order valence-electron chi connectivity index (χ2n) is 5.40. The van der Waals surface area contributed by atoms with Crippen LogP contribution in [0.15, 0.2) is 22.7 Å². The highest BCUT2D eigenvalue weighted by atomic mass is 79.9. The number of alkyl halides is 6. The quantitative estimate of drug-likeness (QED) is 0.399. The van der Waals surface area contributed by atoms with Crippen molar-refractivity contribution < 1.29 is 37.3 Å². The molecular weight excluding hydrogens is 505 g/mol. The molecule has 0 aromatic heterocycles. The van der Waals surface area contributed by atoms with Gasteiger partial charge >= 0.3 is 6.18 Å². The summed E-state index contributed by atoms with van der Waals surface area (Å²) in [6, 6.07) is 0. The molecule has 1 aliphatic carbocycles. The molecule has 3 unspecified atom stereocenters. The van der Waals surface area contributed by atoms with Gasteiger partial charge in [-0.2, -0.15) is 13.2 Å². The van der Waals surface area contributed by atoms with Crippen LogP contribution in [-0.2, 0) is 19.1 Å². The van der Waals surface area contributed by atoms with Crippen LogP contribution >= 0.6 is 50.7 Å². The number of carbonyl (C=O) groups is 2. The van der Waals surface area contributed by atoms with Crippen molar-refractivity contribution in [2.24, 2.45) is 5.92 Å². The van der Waals surface area contributed by atoms with Crippen molar-refractivity contribution in [1.82, 2.24) is 5.32 Å². The summed E-state index contributed by atoms with van der Waals surface area (Å²) < 4.78 is 44.1. The van der Waals surface area contributed by atoms with Crippen molar-refractivity contribution in [1.29, 1.82) is 0 Å². The third kappa shape index (κ3) is 7.19. The predicted molar refractivity (Wildman–Crippen MR) is 95.7 cm³/mol. The van der Waals surface area contributed by atoms with Crippen molar-refractivity contribution in [3.63, 3.8) is 0 Å². The maximum Gasteiger partial charge on any atom is 0.411 e. The molecule has 1 rings (SSSR count). The lowest BCUT2D eigenvalue weighted by molar-refractivity contribution is -0.189. The van der Waals surface area contributed by atoms with Crippen LogP contribution in [-0.4, -0.2) is 58.9 Å². The summed E-state index contributed by atoms with van der Waals surface area (Å²) in [6.45, 7) is -2.32. The van der Waals surface area contributed by atoms with Crippen LogP contribution in [0.2, 0.25) is 0 Å². The Bertz CT molecular complexity index is 638. The van der Waals surface area contributed by atoms with Crippen LogP contribution in [0.25, 0.3) is 0 Å². The van der Waals surface area contributed by atoms with Crippen molar-refractivity contribution in [3.8, 4) is 0 Å². The average molecular weight is 520 g/mol. The monoisotopic (exact) mass is 517 g/mol. The molecule has 13 heteroatoms. The van der Waals surface area contributed by atoms with E-state index in [1.165, 1.54) is 19.3 Å². The van der Waals surface area contributed by atoms with Gasteiger partial charge in [-0.15, -0.1) is 0 Å². The van der Waals surface area contributed by atoms with E-state index in [1.54, 1.807) is 0 Å². The maximum absolute atomic E-state index is 12.5. The Morgan fingerprint density at radius 1 is 1.41 bits per heavy atom. The average Bonchev–Trinajstić information content (AvgIpc) is 2.51. The second-order valence-corrected chi connectivity index (χ2v) is 8.69. The molecule has 154 valence electrons. The van der Waals surface area contributed by atoms with Crippen LogP contribution in [0, 0.1) is 5.92 Å². The number of ether oxygens (including phenoxy) is 2. The fourth-order valence-electron chi connectivity index (χ4n) is 2.06. The molecule has 0 spiro atoms. The largest absolute Gasteiger partial charge is 0.411 e. The number of allylic oxidation sites excluding steroid dienone is 2. The van der Waals surface area contributed by atoms with Crippen molar-refractivity contribution in [2.75, 3.05) is 20.3 Å². The van der Waals surface area contributed by atoms with Crippen molar-refractivity contribution in [2.45, 2.75) is 21.8 Å². The number of hydrogen-bond acceptors (Lipinski definition) is 5. The zero-order valence-electron chi connectivity index (χ0n) is 13.5. The van der Waals surface area contributed by atoms with Crippen LogP contribution in [0.5, 0.6) is 0 Å². The molecule has 2 N–H and O–H groups in total. The summed E-state index contributed by atoms with van der Waals surface area (Å²) in [5, 5.41) is 12.6. The molecule has 0 heterocycles. The third-order valence-corrected chi connectivity index (χ3v) is 4.41. The minimum atomic E-state index is -4.75. The lowest BCUT2D eigenvalue weighted by atomic mass is 9.80. The van der Waals surface area contributed by atoms with Gasteiger partial charge in [-0.25, -0.2) is 0 Å². The van der Waals surface area contributed by atoms with E-state index in [1.807, 2.05) is 5.32 Å². The third-order valence-electron chi connectivity index (χ3n) is 3.29. The molecule has 0 aromatic rings. The molecule has 0 fully saturated rings. The Hall–Kier alpha value is -0.360. The molecule has 1 aliphatic rings. The minimum absolute atomic E-state index is 0.333. The molecule has 3 atom stereocenters. The van der Waals surface area contributed by atoms with E-state index >= 15 is 0 Å². The number of aliphatic hydroxyl groups is 1. The van der Waals surface area contributed by atoms with E-state index < -0.39 is 52.6 Å². The number of nitrogens with one attached hydrogen (secondary N) is 1. The number of hydrogen-bond donors (Lipinski definition) is 2. The van der Waals surface area contributed by atoms with Crippen LogP contribution in [0.4, 0.5) is 13.2 Å². The van der Waals surface area contributed by atoms with Gasteiger partial charge in [-0.1, -0.05) is 56.8 Å². The number of amides is 1. The van der Waals surface area contributed by atoms with E-state index in [0.717, 1.165) is 6.08 Å². The van der Waals surface area contributed by atoms with E-state index in [9.17, 15) is 27.9 Å². The van der Waals surface area contributed by atoms with Crippen molar-refractivity contribution in [3.05, 3.63) is 22.7 Å². The van der Waals surface area contributed by atoms with Gasteiger partial charge in [0.2, 0.25) is 9.70 Å². The molecule has 0 bridgehead atoms. The van der Waals surface area contributed by atoms with E-state index in [0.29, 0.717) is 4.48 Å².